The first kappa shape index (κ1) is 14.9. The monoisotopic (exact) mass is 297 g/mol. The minimum absolute atomic E-state index is 0.0346. The highest BCUT2D eigenvalue weighted by atomic mass is 35.5. The molecule has 0 saturated heterocycles. The summed E-state index contributed by atoms with van der Waals surface area (Å²) in [4.78, 5) is 34.5. The van der Waals surface area contributed by atoms with Crippen LogP contribution < -0.4 is 0 Å². The minimum atomic E-state index is -1.09. The van der Waals surface area contributed by atoms with Crippen molar-refractivity contribution in [3.05, 3.63) is 17.3 Å². The van der Waals surface area contributed by atoms with Crippen LogP contribution in [0.15, 0.2) is 9.41 Å². The average molecular weight is 298 g/mol. The van der Waals surface area contributed by atoms with E-state index in [2.05, 4.69) is 9.98 Å². The third-order valence-electron chi connectivity index (χ3n) is 2.95. The molecule has 0 aliphatic heterocycles. The van der Waals surface area contributed by atoms with Crippen molar-refractivity contribution in [1.82, 2.24) is 9.88 Å². The molecule has 1 aliphatic rings. The third kappa shape index (κ3) is 2.66. The number of hydrogen-bond donors (Lipinski definition) is 0. The van der Waals surface area contributed by atoms with Gasteiger partial charge in [-0.15, -0.1) is 11.6 Å². The lowest BCUT2D eigenvalue weighted by atomic mass is 9.96. The molecule has 0 fully saturated rings. The van der Waals surface area contributed by atoms with E-state index in [0.29, 0.717) is 25.4 Å². The van der Waals surface area contributed by atoms with Gasteiger partial charge in [0, 0.05) is 13.0 Å². The van der Waals surface area contributed by atoms with Crippen molar-refractivity contribution >= 4 is 28.9 Å². The molecule has 0 radical (unpaired) electrons. The molecule has 1 aliphatic carbocycles. The molecule has 0 aromatic carbocycles. The molecule has 0 N–H and O–H groups in total. The van der Waals surface area contributed by atoms with Crippen LogP contribution in [-0.2, 0) is 6.42 Å². The molecular weight excluding hydrogens is 282 g/mol. The Hall–Kier alpha value is -1.53. The highest BCUT2D eigenvalue weighted by Gasteiger charge is 2.41. The number of rotatable bonds is 4. The molecular formula is C13H16ClN3O3. The second kappa shape index (κ2) is 5.85. The Morgan fingerprint density at radius 2 is 2.10 bits per heavy atom. The van der Waals surface area contributed by atoms with Gasteiger partial charge in [-0.2, -0.15) is 0 Å². The van der Waals surface area contributed by atoms with Crippen molar-refractivity contribution in [3.8, 4) is 0 Å². The lowest BCUT2D eigenvalue weighted by Crippen LogP contribution is -2.38. The normalized spacial score (nSPS) is 20.9. The number of likely N-dealkylation sites (N-methyl/N-ethyl adjacent to an activating group) is 1. The van der Waals surface area contributed by atoms with E-state index >= 15 is 0 Å². The first-order chi connectivity index (χ1) is 9.45. The van der Waals surface area contributed by atoms with Gasteiger partial charge >= 0.3 is 0 Å². The van der Waals surface area contributed by atoms with Crippen molar-refractivity contribution < 1.29 is 14.0 Å². The largest absolute Gasteiger partial charge is 0.437 e. The predicted octanol–water partition coefficient (Wildman–Crippen LogP) is 1.23. The lowest BCUT2D eigenvalue weighted by Gasteiger charge is -2.15. The zero-order chi connectivity index (χ0) is 14.9. The van der Waals surface area contributed by atoms with E-state index in [0.717, 1.165) is 0 Å². The number of aromatic nitrogens is 1. The predicted molar refractivity (Wildman–Crippen MR) is 75.0 cm³/mol. The number of hydrogen-bond acceptors (Lipinski definition) is 6. The molecule has 0 amide bonds. The van der Waals surface area contributed by atoms with Crippen molar-refractivity contribution in [1.29, 1.82) is 0 Å². The van der Waals surface area contributed by atoms with Gasteiger partial charge in [0.25, 0.3) is 0 Å². The number of oxazole rings is 1. The second-order valence-corrected chi connectivity index (χ2v) is 5.20. The van der Waals surface area contributed by atoms with Crippen molar-refractivity contribution in [2.75, 3.05) is 27.2 Å². The van der Waals surface area contributed by atoms with Crippen LogP contribution in [0.25, 0.3) is 0 Å². The Kier molecular flexibility index (Phi) is 4.35. The second-order valence-electron chi connectivity index (χ2n) is 4.77. The Balaban J connectivity index is 2.33. The fraction of sp³-hybridized carbons (Fsp3) is 0.538. The number of alkyl halides is 1. The molecule has 1 aromatic heterocycles. The molecule has 0 bridgehead atoms. The van der Waals surface area contributed by atoms with Crippen LogP contribution in [0.2, 0.25) is 0 Å². The van der Waals surface area contributed by atoms with Gasteiger partial charge in [0.15, 0.2) is 11.6 Å². The highest BCUT2D eigenvalue weighted by molar-refractivity contribution is 6.64. The molecule has 7 heteroatoms. The van der Waals surface area contributed by atoms with Crippen LogP contribution in [0.5, 0.6) is 0 Å². The number of Topliss-reactive ketones (excluding diaryl/α,β-unsaturated/α-hetero) is 2. The number of carbonyl (C=O) groups excluding carboxylic acids is 2. The van der Waals surface area contributed by atoms with Crippen molar-refractivity contribution in [2.24, 2.45) is 4.99 Å². The molecule has 6 nitrogen and oxygen atoms in total. The molecule has 20 heavy (non-hydrogen) atoms. The Labute approximate surface area is 121 Å². The van der Waals surface area contributed by atoms with E-state index in [1.807, 2.05) is 25.9 Å². The van der Waals surface area contributed by atoms with E-state index < -0.39 is 16.9 Å². The first-order valence-corrected chi connectivity index (χ1v) is 6.81. The number of aliphatic imine (C=N–C) groups is 1. The third-order valence-corrected chi connectivity index (χ3v) is 3.35. The molecule has 1 heterocycles. The van der Waals surface area contributed by atoms with E-state index in [1.54, 1.807) is 0 Å². The summed E-state index contributed by atoms with van der Waals surface area (Å²) in [6.07, 6.45) is 0.508. The summed E-state index contributed by atoms with van der Waals surface area (Å²) in [5.74, 6) is -0.549. The summed E-state index contributed by atoms with van der Waals surface area (Å²) in [5.41, 5.74) is 0.0920. The smallest absolute Gasteiger partial charge is 0.231 e. The topological polar surface area (TPSA) is 75.8 Å². The Morgan fingerprint density at radius 1 is 1.40 bits per heavy atom. The van der Waals surface area contributed by atoms with Crippen LogP contribution in [0.3, 0.4) is 0 Å². The number of ketones is 2. The minimum Gasteiger partial charge on any atom is -0.437 e. The van der Waals surface area contributed by atoms with Crippen LogP contribution in [0.1, 0.15) is 33.9 Å². The first-order valence-electron chi connectivity index (χ1n) is 6.37. The summed E-state index contributed by atoms with van der Waals surface area (Å²) in [6.45, 7) is 2.90. The molecule has 2 rings (SSSR count). The molecule has 0 spiro atoms. The summed E-state index contributed by atoms with van der Waals surface area (Å²) >= 11 is 6.02. The van der Waals surface area contributed by atoms with Crippen LogP contribution in [0, 0.1) is 0 Å². The van der Waals surface area contributed by atoms with Gasteiger partial charge in [0.1, 0.15) is 11.1 Å². The van der Waals surface area contributed by atoms with E-state index in [-0.39, 0.29) is 17.2 Å². The van der Waals surface area contributed by atoms with Crippen LogP contribution in [0.4, 0.5) is 0 Å². The van der Waals surface area contributed by atoms with E-state index in [1.165, 1.54) is 0 Å². The number of nitrogens with zero attached hydrogens (tertiary/aromatic N) is 3. The fourth-order valence-corrected chi connectivity index (χ4v) is 2.10. The number of fused-ring (bicyclic) bond motifs is 1. The molecule has 1 unspecified atom stereocenters. The summed E-state index contributed by atoms with van der Waals surface area (Å²) in [5, 5.41) is -1.09. The summed E-state index contributed by atoms with van der Waals surface area (Å²) in [6, 6.07) is 0. The number of aryl methyl sites for hydroxylation is 1. The maximum absolute atomic E-state index is 12.3. The van der Waals surface area contributed by atoms with Crippen molar-refractivity contribution in [2.45, 2.75) is 18.7 Å². The quantitative estimate of drug-likeness (QED) is 0.781. The lowest BCUT2D eigenvalue weighted by molar-refractivity contribution is 0.0942. The molecule has 0 saturated carbocycles. The number of carbonyl (C=O) groups is 2. The highest BCUT2D eigenvalue weighted by Crippen LogP contribution is 2.24. The van der Waals surface area contributed by atoms with Crippen LogP contribution >= 0.6 is 11.6 Å². The van der Waals surface area contributed by atoms with Gasteiger partial charge < -0.3 is 9.32 Å². The number of halogens is 1. The fourth-order valence-electron chi connectivity index (χ4n) is 1.83. The van der Waals surface area contributed by atoms with Crippen LogP contribution in [-0.4, -0.2) is 59.7 Å². The van der Waals surface area contributed by atoms with Crippen molar-refractivity contribution in [3.63, 3.8) is 0 Å². The van der Waals surface area contributed by atoms with E-state index in [9.17, 15) is 9.59 Å². The standard InChI is InChI=1S/C13H16ClN3O3/c1-4-7-16-10-12(19)9(15-5-6-17(2)3)8(14)11(18)13(10)20-7/h8H,4-6H2,1-3H3. The van der Waals surface area contributed by atoms with Gasteiger partial charge in [-0.1, -0.05) is 6.92 Å². The maximum Gasteiger partial charge on any atom is 0.231 e. The zero-order valence-corrected chi connectivity index (χ0v) is 12.4. The van der Waals surface area contributed by atoms with Gasteiger partial charge in [0.05, 0.1) is 6.54 Å². The molecule has 1 aromatic rings. The Morgan fingerprint density at radius 3 is 2.70 bits per heavy atom. The summed E-state index contributed by atoms with van der Waals surface area (Å²) in [7, 11) is 3.80. The molecule has 1 atom stereocenters. The summed E-state index contributed by atoms with van der Waals surface area (Å²) < 4.78 is 5.27. The average Bonchev–Trinajstić information content (AvgIpc) is 2.84. The van der Waals surface area contributed by atoms with Gasteiger partial charge in [-0.05, 0) is 14.1 Å². The molecule has 108 valence electrons. The van der Waals surface area contributed by atoms with E-state index in [4.69, 9.17) is 16.0 Å². The SMILES string of the molecule is CCc1nc2c(o1)C(=O)C(Cl)C(=NCCN(C)C)C2=O. The zero-order valence-electron chi connectivity index (χ0n) is 11.6. The van der Waals surface area contributed by atoms with Gasteiger partial charge in [0.2, 0.25) is 17.3 Å². The maximum atomic E-state index is 12.3. The Bertz CT molecular complexity index is 577. The van der Waals surface area contributed by atoms with Gasteiger partial charge in [-0.3, -0.25) is 14.6 Å². The van der Waals surface area contributed by atoms with Gasteiger partial charge in [-0.25, -0.2) is 4.98 Å².